The van der Waals surface area contributed by atoms with Gasteiger partial charge >= 0.3 is 0 Å². The number of ether oxygens (including phenoxy) is 1. The van der Waals surface area contributed by atoms with E-state index in [1.165, 1.54) is 5.56 Å². The molecule has 0 spiro atoms. The summed E-state index contributed by atoms with van der Waals surface area (Å²) in [6, 6.07) is 18.1. The zero-order valence-electron chi connectivity index (χ0n) is 16.5. The number of carbonyl (C=O) groups excluding carboxylic acids is 1. The van der Waals surface area contributed by atoms with Crippen LogP contribution in [0, 0.1) is 0 Å². The van der Waals surface area contributed by atoms with Crippen molar-refractivity contribution in [3.05, 3.63) is 66.2 Å². The molecule has 5 heteroatoms. The average molecular weight is 380 g/mol. The van der Waals surface area contributed by atoms with Gasteiger partial charge in [-0.25, -0.2) is 0 Å². The van der Waals surface area contributed by atoms with Crippen molar-refractivity contribution in [2.24, 2.45) is 0 Å². The van der Waals surface area contributed by atoms with Gasteiger partial charge < -0.3 is 15.0 Å². The first-order valence-corrected chi connectivity index (χ1v) is 9.84. The molecule has 1 saturated heterocycles. The molecule has 2 aromatic rings. The van der Waals surface area contributed by atoms with Crippen molar-refractivity contribution in [3.63, 3.8) is 0 Å². The molecule has 1 aliphatic rings. The summed E-state index contributed by atoms with van der Waals surface area (Å²) in [5, 5.41) is 3.29. The number of amides is 1. The summed E-state index contributed by atoms with van der Waals surface area (Å²) in [6.45, 7) is 5.01. The van der Waals surface area contributed by atoms with Crippen molar-refractivity contribution in [2.75, 3.05) is 51.7 Å². The predicted molar refractivity (Wildman–Crippen MR) is 115 cm³/mol. The minimum Gasteiger partial charge on any atom is -0.497 e. The van der Waals surface area contributed by atoms with Crippen LogP contribution in [-0.2, 0) is 4.79 Å². The highest BCUT2D eigenvalue weighted by Gasteiger charge is 2.19. The van der Waals surface area contributed by atoms with Crippen LogP contribution < -0.4 is 10.1 Å². The van der Waals surface area contributed by atoms with Gasteiger partial charge in [0.2, 0.25) is 5.91 Å². The maximum absolute atomic E-state index is 12.4. The van der Waals surface area contributed by atoms with Gasteiger partial charge in [0, 0.05) is 57.4 Å². The SMILES string of the molecule is COc1cccc(NCCC(=O)N2CCN(C/C=C/c3ccccc3)CC2)c1. The van der Waals surface area contributed by atoms with Gasteiger partial charge in [0.05, 0.1) is 7.11 Å². The van der Waals surface area contributed by atoms with Gasteiger partial charge in [-0.15, -0.1) is 0 Å². The number of rotatable bonds is 8. The lowest BCUT2D eigenvalue weighted by molar-refractivity contribution is -0.132. The smallest absolute Gasteiger partial charge is 0.224 e. The Labute approximate surface area is 167 Å². The Kier molecular flexibility index (Phi) is 7.50. The van der Waals surface area contributed by atoms with E-state index in [2.05, 4.69) is 34.5 Å². The molecule has 0 atom stereocenters. The van der Waals surface area contributed by atoms with Crippen LogP contribution in [0.3, 0.4) is 0 Å². The highest BCUT2D eigenvalue weighted by molar-refractivity contribution is 5.76. The first-order valence-electron chi connectivity index (χ1n) is 9.84. The zero-order chi connectivity index (χ0) is 19.6. The minimum absolute atomic E-state index is 0.217. The summed E-state index contributed by atoms with van der Waals surface area (Å²) >= 11 is 0. The van der Waals surface area contributed by atoms with Crippen molar-refractivity contribution in [1.29, 1.82) is 0 Å². The van der Waals surface area contributed by atoms with E-state index in [-0.39, 0.29) is 5.91 Å². The van der Waals surface area contributed by atoms with Crippen molar-refractivity contribution >= 4 is 17.7 Å². The molecular formula is C23H29N3O2. The van der Waals surface area contributed by atoms with Crippen LogP contribution in [0.4, 0.5) is 5.69 Å². The highest BCUT2D eigenvalue weighted by Crippen LogP contribution is 2.16. The fraction of sp³-hybridized carbons (Fsp3) is 0.348. The number of methoxy groups -OCH3 is 1. The van der Waals surface area contributed by atoms with E-state index >= 15 is 0 Å². The summed E-state index contributed by atoms with van der Waals surface area (Å²) in [6.07, 6.45) is 4.86. The van der Waals surface area contributed by atoms with E-state index < -0.39 is 0 Å². The summed E-state index contributed by atoms with van der Waals surface area (Å²) in [7, 11) is 1.65. The first-order chi connectivity index (χ1) is 13.7. The summed E-state index contributed by atoms with van der Waals surface area (Å²) in [5.41, 5.74) is 2.20. The molecular weight excluding hydrogens is 350 g/mol. The molecule has 0 radical (unpaired) electrons. The van der Waals surface area contributed by atoms with Gasteiger partial charge in [0.15, 0.2) is 0 Å². The van der Waals surface area contributed by atoms with Gasteiger partial charge in [-0.2, -0.15) is 0 Å². The van der Waals surface area contributed by atoms with E-state index in [9.17, 15) is 4.79 Å². The topological polar surface area (TPSA) is 44.8 Å². The fourth-order valence-corrected chi connectivity index (χ4v) is 3.29. The number of piperazine rings is 1. The Morgan fingerprint density at radius 1 is 1.07 bits per heavy atom. The molecule has 0 aliphatic carbocycles. The largest absolute Gasteiger partial charge is 0.497 e. The number of nitrogens with one attached hydrogen (secondary N) is 1. The third kappa shape index (κ3) is 6.13. The van der Waals surface area contributed by atoms with Crippen LogP contribution >= 0.6 is 0 Å². The second kappa shape index (κ2) is 10.5. The lowest BCUT2D eigenvalue weighted by Crippen LogP contribution is -2.48. The van der Waals surface area contributed by atoms with E-state index in [0.717, 1.165) is 44.2 Å². The van der Waals surface area contributed by atoms with Crippen molar-refractivity contribution in [1.82, 2.24) is 9.80 Å². The molecule has 1 amide bonds. The van der Waals surface area contributed by atoms with E-state index in [1.807, 2.05) is 47.4 Å². The number of hydrogen-bond acceptors (Lipinski definition) is 4. The van der Waals surface area contributed by atoms with Crippen LogP contribution in [0.2, 0.25) is 0 Å². The second-order valence-electron chi connectivity index (χ2n) is 6.90. The Hall–Kier alpha value is -2.79. The zero-order valence-corrected chi connectivity index (χ0v) is 16.5. The lowest BCUT2D eigenvalue weighted by Gasteiger charge is -2.34. The third-order valence-electron chi connectivity index (χ3n) is 4.94. The molecule has 1 N–H and O–H groups in total. The van der Waals surface area contributed by atoms with E-state index in [4.69, 9.17) is 4.74 Å². The molecule has 148 valence electrons. The predicted octanol–water partition coefficient (Wildman–Crippen LogP) is 3.35. The standard InChI is InChI=1S/C23H29N3O2/c1-28-22-11-5-10-21(19-22)24-13-12-23(27)26-17-15-25(16-18-26)14-6-9-20-7-3-2-4-8-20/h2-11,19,24H,12-18H2,1H3/b9-6+. The average Bonchev–Trinajstić information content (AvgIpc) is 2.75. The van der Waals surface area contributed by atoms with Crippen molar-refractivity contribution in [2.45, 2.75) is 6.42 Å². The quantitative estimate of drug-likeness (QED) is 0.764. The Morgan fingerprint density at radius 2 is 1.86 bits per heavy atom. The van der Waals surface area contributed by atoms with Crippen LogP contribution in [0.5, 0.6) is 5.75 Å². The Morgan fingerprint density at radius 3 is 2.61 bits per heavy atom. The fourth-order valence-electron chi connectivity index (χ4n) is 3.29. The number of hydrogen-bond donors (Lipinski definition) is 1. The van der Waals surface area contributed by atoms with Gasteiger partial charge in [0.1, 0.15) is 5.75 Å². The molecule has 1 fully saturated rings. The van der Waals surface area contributed by atoms with E-state index in [1.54, 1.807) is 7.11 Å². The Balaban J connectivity index is 1.35. The Bertz CT molecular complexity index is 768. The number of benzene rings is 2. The van der Waals surface area contributed by atoms with Crippen LogP contribution in [0.15, 0.2) is 60.7 Å². The molecule has 2 aromatic carbocycles. The molecule has 0 unspecified atom stereocenters. The molecule has 1 heterocycles. The highest BCUT2D eigenvalue weighted by atomic mass is 16.5. The van der Waals surface area contributed by atoms with Crippen LogP contribution in [0.1, 0.15) is 12.0 Å². The maximum atomic E-state index is 12.4. The molecule has 28 heavy (non-hydrogen) atoms. The second-order valence-corrected chi connectivity index (χ2v) is 6.90. The number of nitrogens with zero attached hydrogens (tertiary/aromatic N) is 2. The van der Waals surface area contributed by atoms with Gasteiger partial charge in [-0.3, -0.25) is 9.69 Å². The maximum Gasteiger partial charge on any atom is 0.224 e. The monoisotopic (exact) mass is 379 g/mol. The summed E-state index contributed by atoms with van der Waals surface area (Å²) in [4.78, 5) is 16.8. The molecule has 1 aliphatic heterocycles. The normalized spacial score (nSPS) is 15.0. The minimum atomic E-state index is 0.217. The number of carbonyl (C=O) groups is 1. The number of anilines is 1. The molecule has 0 aromatic heterocycles. The van der Waals surface area contributed by atoms with Crippen molar-refractivity contribution in [3.8, 4) is 5.75 Å². The van der Waals surface area contributed by atoms with Gasteiger partial charge in [-0.1, -0.05) is 48.6 Å². The summed E-state index contributed by atoms with van der Waals surface area (Å²) < 4.78 is 5.22. The third-order valence-corrected chi connectivity index (χ3v) is 4.94. The first kappa shape index (κ1) is 20.0. The van der Waals surface area contributed by atoms with Gasteiger partial charge in [-0.05, 0) is 17.7 Å². The van der Waals surface area contributed by atoms with Crippen molar-refractivity contribution < 1.29 is 9.53 Å². The van der Waals surface area contributed by atoms with E-state index in [0.29, 0.717) is 13.0 Å². The lowest BCUT2D eigenvalue weighted by atomic mass is 10.2. The van der Waals surface area contributed by atoms with Gasteiger partial charge in [0.25, 0.3) is 0 Å². The van der Waals surface area contributed by atoms with Crippen LogP contribution in [0.25, 0.3) is 6.08 Å². The molecule has 0 bridgehead atoms. The summed E-state index contributed by atoms with van der Waals surface area (Å²) in [5.74, 6) is 1.03. The molecule has 3 rings (SSSR count). The molecule has 0 saturated carbocycles. The molecule has 5 nitrogen and oxygen atoms in total. The van der Waals surface area contributed by atoms with Crippen LogP contribution in [-0.4, -0.2) is 62.1 Å².